The Balaban J connectivity index is 0.00000216. The van der Waals surface area contributed by atoms with Crippen LogP contribution in [0, 0.1) is 0 Å². The van der Waals surface area contributed by atoms with Gasteiger partial charge in [-0.1, -0.05) is 36.4 Å². The summed E-state index contributed by atoms with van der Waals surface area (Å²) >= 11 is 0. The van der Waals surface area contributed by atoms with Crippen LogP contribution in [0.15, 0.2) is 36.4 Å². The van der Waals surface area contributed by atoms with Crippen molar-refractivity contribution in [3.05, 3.63) is 47.5 Å². The molecule has 2 aliphatic carbocycles. The number of benzene rings is 2. The second-order valence-electron chi connectivity index (χ2n) is 10.3. The number of hydrogen-bond acceptors (Lipinski definition) is 3. The Hall–Kier alpha value is -1.62. The number of hydrogen-bond donors (Lipinski definition) is 0. The van der Waals surface area contributed by atoms with Crippen LogP contribution in [0.3, 0.4) is 0 Å². The predicted octanol–water partition coefficient (Wildman–Crippen LogP) is 4.93. The molecule has 1 saturated carbocycles. The molecule has 0 bridgehead atoms. The molecule has 4 atom stereocenters. The van der Waals surface area contributed by atoms with Gasteiger partial charge in [-0.3, -0.25) is 9.69 Å². The van der Waals surface area contributed by atoms with Gasteiger partial charge in [-0.2, -0.15) is 0 Å². The van der Waals surface area contributed by atoms with E-state index in [-0.39, 0.29) is 23.9 Å². The van der Waals surface area contributed by atoms with Crippen molar-refractivity contribution in [2.24, 2.45) is 0 Å². The van der Waals surface area contributed by atoms with E-state index in [0.29, 0.717) is 18.0 Å². The minimum absolute atomic E-state index is 0. The van der Waals surface area contributed by atoms with Crippen LogP contribution in [-0.4, -0.2) is 60.1 Å². The summed E-state index contributed by atoms with van der Waals surface area (Å²) in [5, 5.41) is 2.58. The molecule has 0 radical (unpaired) electrons. The molecular formula is C27H35ClN2O2. The van der Waals surface area contributed by atoms with Crippen molar-refractivity contribution in [1.29, 1.82) is 0 Å². The molecular weight excluding hydrogens is 420 g/mol. The van der Waals surface area contributed by atoms with Gasteiger partial charge in [0.05, 0.1) is 11.5 Å². The lowest BCUT2D eigenvalue weighted by molar-refractivity contribution is -0.139. The minimum Gasteiger partial charge on any atom is -0.375 e. The molecule has 2 aromatic carbocycles. The fourth-order valence-corrected chi connectivity index (χ4v) is 7.10. The van der Waals surface area contributed by atoms with E-state index in [0.717, 1.165) is 32.3 Å². The molecule has 4 aliphatic rings. The van der Waals surface area contributed by atoms with Gasteiger partial charge in [-0.15, -0.1) is 12.4 Å². The van der Waals surface area contributed by atoms with Crippen LogP contribution >= 0.6 is 12.4 Å². The van der Waals surface area contributed by atoms with Gasteiger partial charge >= 0.3 is 0 Å². The van der Waals surface area contributed by atoms with E-state index in [1.165, 1.54) is 60.7 Å². The lowest BCUT2D eigenvalue weighted by Gasteiger charge is -2.48. The number of ether oxygens (including phenoxy) is 1. The highest BCUT2D eigenvalue weighted by Gasteiger charge is 2.48. The predicted molar refractivity (Wildman–Crippen MR) is 131 cm³/mol. The summed E-state index contributed by atoms with van der Waals surface area (Å²) < 4.78 is 6.31. The Morgan fingerprint density at radius 2 is 1.88 bits per heavy atom. The fourth-order valence-electron chi connectivity index (χ4n) is 7.10. The normalized spacial score (nSPS) is 31.8. The number of amides is 1. The maximum atomic E-state index is 13.9. The van der Waals surface area contributed by atoms with Crippen molar-refractivity contribution in [3.8, 4) is 0 Å². The Morgan fingerprint density at radius 3 is 2.62 bits per heavy atom. The SMILES string of the molecule is CN(C(=O)C1Cc2cccc3cccc1c23)C1CCC2(CCCO2)CC1N1CCCC1.Cl. The monoisotopic (exact) mass is 454 g/mol. The molecule has 2 heterocycles. The summed E-state index contributed by atoms with van der Waals surface area (Å²) in [6.45, 7) is 3.26. The Morgan fingerprint density at radius 1 is 1.09 bits per heavy atom. The van der Waals surface area contributed by atoms with Crippen LogP contribution < -0.4 is 0 Å². The van der Waals surface area contributed by atoms with Crippen molar-refractivity contribution in [3.63, 3.8) is 0 Å². The molecule has 4 unspecified atom stereocenters. The summed E-state index contributed by atoms with van der Waals surface area (Å²) in [6.07, 6.45) is 9.05. The highest BCUT2D eigenvalue weighted by Crippen LogP contribution is 2.44. The molecule has 2 aliphatic heterocycles. The summed E-state index contributed by atoms with van der Waals surface area (Å²) in [4.78, 5) is 18.7. The van der Waals surface area contributed by atoms with Gasteiger partial charge in [0.25, 0.3) is 0 Å². The minimum atomic E-state index is -0.0380. The van der Waals surface area contributed by atoms with Crippen molar-refractivity contribution in [2.75, 3.05) is 26.7 Å². The second-order valence-corrected chi connectivity index (χ2v) is 10.3. The number of likely N-dealkylation sites (tertiary alicyclic amines) is 1. The van der Waals surface area contributed by atoms with Crippen molar-refractivity contribution in [2.45, 2.75) is 75.0 Å². The number of carbonyl (C=O) groups is 1. The molecule has 3 fully saturated rings. The lowest BCUT2D eigenvalue weighted by atomic mass is 9.76. The molecule has 2 aromatic rings. The number of likely N-dealkylation sites (N-methyl/N-ethyl adjacent to an activating group) is 1. The van der Waals surface area contributed by atoms with Gasteiger partial charge < -0.3 is 9.64 Å². The standard InChI is InChI=1S/C27H34N2O2.ClH/c1-28(26(30)22-17-20-9-4-7-19-8-5-10-21(22)25(19)20)23-11-13-27(12-6-16-31-27)18-24(23)29-14-2-3-15-29;/h4-5,7-10,22-24H,2-3,6,11-18H2,1H3;1H. The molecule has 4 nitrogen and oxygen atoms in total. The average Bonchev–Trinajstić information content (AvgIpc) is 3.55. The van der Waals surface area contributed by atoms with Crippen LogP contribution in [-0.2, 0) is 16.0 Å². The molecule has 1 amide bonds. The van der Waals surface area contributed by atoms with Crippen LogP contribution in [0.5, 0.6) is 0 Å². The van der Waals surface area contributed by atoms with Crippen molar-refractivity contribution in [1.82, 2.24) is 9.80 Å². The Kier molecular flexibility index (Phi) is 5.98. The number of carbonyl (C=O) groups excluding carboxylic acids is 1. The maximum absolute atomic E-state index is 13.9. The first kappa shape index (κ1) is 22.2. The van der Waals surface area contributed by atoms with E-state index in [1.807, 2.05) is 0 Å². The first-order chi connectivity index (χ1) is 15.2. The zero-order chi connectivity index (χ0) is 21.0. The van der Waals surface area contributed by atoms with Gasteiger partial charge in [-0.25, -0.2) is 0 Å². The van der Waals surface area contributed by atoms with Crippen LogP contribution in [0.25, 0.3) is 10.8 Å². The summed E-state index contributed by atoms with van der Waals surface area (Å²) in [5.41, 5.74) is 2.63. The van der Waals surface area contributed by atoms with E-state index >= 15 is 0 Å². The Bertz CT molecular complexity index is 991. The first-order valence-corrected chi connectivity index (χ1v) is 12.3. The molecule has 0 aromatic heterocycles. The van der Waals surface area contributed by atoms with Gasteiger partial charge in [-0.05, 0) is 86.4 Å². The molecule has 5 heteroatoms. The van der Waals surface area contributed by atoms with Crippen molar-refractivity contribution < 1.29 is 9.53 Å². The van der Waals surface area contributed by atoms with Crippen molar-refractivity contribution >= 4 is 29.1 Å². The number of halogens is 1. The molecule has 32 heavy (non-hydrogen) atoms. The largest absolute Gasteiger partial charge is 0.375 e. The van der Waals surface area contributed by atoms with Crippen LogP contribution in [0.2, 0.25) is 0 Å². The molecule has 6 rings (SSSR count). The van der Waals surface area contributed by atoms with E-state index in [9.17, 15) is 4.79 Å². The summed E-state index contributed by atoms with van der Waals surface area (Å²) in [5.74, 6) is 0.269. The van der Waals surface area contributed by atoms with Gasteiger partial charge in [0.1, 0.15) is 0 Å². The third kappa shape index (κ3) is 3.55. The van der Waals surface area contributed by atoms with E-state index in [4.69, 9.17) is 4.74 Å². The van der Waals surface area contributed by atoms with Gasteiger partial charge in [0.2, 0.25) is 5.91 Å². The third-order valence-corrected chi connectivity index (χ3v) is 8.68. The van der Waals surface area contributed by atoms with E-state index in [1.54, 1.807) is 0 Å². The highest BCUT2D eigenvalue weighted by molar-refractivity contribution is 5.98. The number of rotatable bonds is 3. The smallest absolute Gasteiger partial charge is 0.230 e. The quantitative estimate of drug-likeness (QED) is 0.659. The van der Waals surface area contributed by atoms with E-state index < -0.39 is 0 Å². The zero-order valence-corrected chi connectivity index (χ0v) is 19.9. The van der Waals surface area contributed by atoms with Crippen LogP contribution in [0.4, 0.5) is 0 Å². The third-order valence-electron chi connectivity index (χ3n) is 8.68. The van der Waals surface area contributed by atoms with E-state index in [2.05, 4.69) is 53.2 Å². The first-order valence-electron chi connectivity index (χ1n) is 12.3. The molecule has 1 spiro atoms. The van der Waals surface area contributed by atoms with Crippen LogP contribution in [0.1, 0.15) is 62.0 Å². The fraction of sp³-hybridized carbons (Fsp3) is 0.593. The highest BCUT2D eigenvalue weighted by atomic mass is 35.5. The molecule has 0 N–H and O–H groups in total. The summed E-state index contributed by atoms with van der Waals surface area (Å²) in [7, 11) is 2.08. The molecule has 172 valence electrons. The number of nitrogens with zero attached hydrogens (tertiary/aromatic N) is 2. The molecule has 2 saturated heterocycles. The van der Waals surface area contributed by atoms with Gasteiger partial charge in [0.15, 0.2) is 0 Å². The lowest BCUT2D eigenvalue weighted by Crippen LogP contribution is -2.58. The topological polar surface area (TPSA) is 32.8 Å². The maximum Gasteiger partial charge on any atom is 0.230 e. The Labute approximate surface area is 197 Å². The average molecular weight is 455 g/mol. The second kappa shape index (κ2) is 8.62. The zero-order valence-electron chi connectivity index (χ0n) is 19.1. The van der Waals surface area contributed by atoms with Gasteiger partial charge in [0, 0.05) is 25.7 Å². The summed E-state index contributed by atoms with van der Waals surface area (Å²) in [6, 6.07) is 13.7.